The summed E-state index contributed by atoms with van der Waals surface area (Å²) in [5.41, 5.74) is 1.03. The zero-order valence-electron chi connectivity index (χ0n) is 17.7. The van der Waals surface area contributed by atoms with Gasteiger partial charge in [-0.3, -0.25) is 14.5 Å². The summed E-state index contributed by atoms with van der Waals surface area (Å²) in [6.45, 7) is 8.15. The molecule has 0 spiro atoms. The van der Waals surface area contributed by atoms with Crippen molar-refractivity contribution in [2.45, 2.75) is 31.7 Å². The number of carbonyl (C=O) groups excluding carboxylic acids is 2. The minimum atomic E-state index is -3.67. The summed E-state index contributed by atoms with van der Waals surface area (Å²) in [6.07, 6.45) is 0. The number of hydrogen-bond acceptors (Lipinski definition) is 6. The molecule has 1 aromatic carbocycles. The van der Waals surface area contributed by atoms with Crippen LogP contribution in [-0.4, -0.2) is 81.4 Å². The van der Waals surface area contributed by atoms with Crippen LogP contribution in [0.15, 0.2) is 23.1 Å². The number of hydrogen-bond donors (Lipinski definition) is 2. The number of piperazine rings is 1. The van der Waals surface area contributed by atoms with Gasteiger partial charge in [0.05, 0.1) is 30.7 Å². The molecule has 2 fully saturated rings. The van der Waals surface area contributed by atoms with Gasteiger partial charge in [0.1, 0.15) is 0 Å². The third kappa shape index (κ3) is 5.00. The molecule has 0 aliphatic carbocycles. The van der Waals surface area contributed by atoms with Gasteiger partial charge < -0.3 is 15.4 Å². The summed E-state index contributed by atoms with van der Waals surface area (Å²) in [4.78, 5) is 26.8. The van der Waals surface area contributed by atoms with Crippen LogP contribution in [0.2, 0.25) is 0 Å². The fourth-order valence-electron chi connectivity index (χ4n) is 3.90. The molecule has 30 heavy (non-hydrogen) atoms. The van der Waals surface area contributed by atoms with E-state index in [4.69, 9.17) is 4.74 Å². The molecule has 0 radical (unpaired) electrons. The number of nitrogens with zero attached hydrogens (tertiary/aromatic N) is 2. The molecule has 2 N–H and O–H groups in total. The molecule has 166 valence electrons. The molecule has 1 aromatic rings. The first-order valence-electron chi connectivity index (χ1n) is 10.2. The van der Waals surface area contributed by atoms with Gasteiger partial charge >= 0.3 is 0 Å². The molecule has 2 saturated heterocycles. The van der Waals surface area contributed by atoms with E-state index in [0.29, 0.717) is 50.6 Å². The molecule has 2 aliphatic rings. The Kier molecular flexibility index (Phi) is 7.12. The Morgan fingerprint density at radius 1 is 1.27 bits per heavy atom. The van der Waals surface area contributed by atoms with E-state index in [1.54, 1.807) is 19.1 Å². The van der Waals surface area contributed by atoms with Crippen LogP contribution in [0.5, 0.6) is 0 Å². The van der Waals surface area contributed by atoms with Gasteiger partial charge in [-0.25, -0.2) is 8.42 Å². The quantitative estimate of drug-likeness (QED) is 0.666. The van der Waals surface area contributed by atoms with Crippen LogP contribution in [0, 0.1) is 12.8 Å². The van der Waals surface area contributed by atoms with E-state index >= 15 is 0 Å². The predicted octanol–water partition coefficient (Wildman–Crippen LogP) is 0.411. The van der Waals surface area contributed by atoms with Gasteiger partial charge in [-0.15, -0.1) is 0 Å². The Hall–Kier alpha value is -2.01. The monoisotopic (exact) mass is 438 g/mol. The summed E-state index contributed by atoms with van der Waals surface area (Å²) in [5, 5.41) is 5.62. The van der Waals surface area contributed by atoms with E-state index in [1.165, 1.54) is 10.4 Å². The first-order chi connectivity index (χ1) is 14.2. The lowest BCUT2D eigenvalue weighted by Gasteiger charge is -2.36. The second kappa shape index (κ2) is 9.42. The lowest BCUT2D eigenvalue weighted by molar-refractivity contribution is -0.132. The second-order valence-corrected chi connectivity index (χ2v) is 9.90. The number of morpholine rings is 1. The van der Waals surface area contributed by atoms with Gasteiger partial charge in [0.15, 0.2) is 0 Å². The number of ether oxygens (including phenoxy) is 1. The average Bonchev–Trinajstić information content (AvgIpc) is 2.69. The highest BCUT2D eigenvalue weighted by atomic mass is 32.2. The number of aryl methyl sites for hydroxylation is 1. The second-order valence-electron chi connectivity index (χ2n) is 8.00. The van der Waals surface area contributed by atoms with Crippen LogP contribution >= 0.6 is 0 Å². The first kappa shape index (κ1) is 22.7. The molecule has 0 aromatic heterocycles. The molecule has 3 rings (SSSR count). The van der Waals surface area contributed by atoms with Crippen LogP contribution in [0.3, 0.4) is 0 Å². The maximum absolute atomic E-state index is 13.0. The van der Waals surface area contributed by atoms with Gasteiger partial charge in [-0.2, -0.15) is 4.31 Å². The highest BCUT2D eigenvalue weighted by Gasteiger charge is 2.33. The van der Waals surface area contributed by atoms with Crippen molar-refractivity contribution in [1.29, 1.82) is 0 Å². The van der Waals surface area contributed by atoms with Crippen molar-refractivity contribution in [3.8, 4) is 0 Å². The van der Waals surface area contributed by atoms with E-state index in [2.05, 4.69) is 10.6 Å². The topological polar surface area (TPSA) is 108 Å². The van der Waals surface area contributed by atoms with Crippen LogP contribution in [0.4, 0.5) is 5.69 Å². The Morgan fingerprint density at radius 2 is 1.97 bits per heavy atom. The summed E-state index contributed by atoms with van der Waals surface area (Å²) >= 11 is 0. The van der Waals surface area contributed by atoms with Gasteiger partial charge in [0, 0.05) is 31.9 Å². The first-order valence-corrected chi connectivity index (χ1v) is 11.6. The van der Waals surface area contributed by atoms with Crippen LogP contribution in [0.1, 0.15) is 19.4 Å². The van der Waals surface area contributed by atoms with Gasteiger partial charge in [-0.05, 0) is 30.5 Å². The normalized spacial score (nSPS) is 21.5. The molecule has 10 heteroatoms. The lowest BCUT2D eigenvalue weighted by Crippen LogP contribution is -2.58. The van der Waals surface area contributed by atoms with E-state index < -0.39 is 10.0 Å². The number of sulfonamides is 1. The summed E-state index contributed by atoms with van der Waals surface area (Å²) in [7, 11) is -3.67. The van der Waals surface area contributed by atoms with Crippen LogP contribution in [0.25, 0.3) is 0 Å². The molecule has 2 aliphatic heterocycles. The molecule has 1 atom stereocenters. The van der Waals surface area contributed by atoms with Crippen molar-refractivity contribution in [2.75, 3.05) is 51.3 Å². The van der Waals surface area contributed by atoms with E-state index in [9.17, 15) is 18.0 Å². The van der Waals surface area contributed by atoms with Gasteiger partial charge in [0.2, 0.25) is 21.8 Å². The highest BCUT2D eigenvalue weighted by molar-refractivity contribution is 7.89. The third-order valence-electron chi connectivity index (χ3n) is 5.40. The van der Waals surface area contributed by atoms with Crippen molar-refractivity contribution in [1.82, 2.24) is 14.5 Å². The molecule has 2 heterocycles. The molecule has 9 nitrogen and oxygen atoms in total. The Labute approximate surface area is 177 Å². The van der Waals surface area contributed by atoms with Crippen molar-refractivity contribution in [3.63, 3.8) is 0 Å². The number of amides is 2. The number of nitrogens with one attached hydrogen (secondary N) is 2. The standard InChI is InChI=1S/C20H30N4O5S/c1-14(2)19-20(26)21-6-7-23(19)13-18(25)22-16-5-4-15(3)17(12-16)30(27,28)24-8-10-29-11-9-24/h4-5,12,14,19H,6-11,13H2,1-3H3,(H,21,26)(H,22,25). The molecule has 0 bridgehead atoms. The fraction of sp³-hybridized carbons (Fsp3) is 0.600. The number of benzene rings is 1. The largest absolute Gasteiger partial charge is 0.379 e. The maximum atomic E-state index is 13.0. The van der Waals surface area contributed by atoms with Gasteiger partial charge in [-0.1, -0.05) is 19.9 Å². The minimum absolute atomic E-state index is 0.0652. The summed E-state index contributed by atoms with van der Waals surface area (Å²) < 4.78 is 32.7. The zero-order valence-corrected chi connectivity index (χ0v) is 18.5. The fourth-order valence-corrected chi connectivity index (χ4v) is 5.56. The Bertz CT molecular complexity index is 896. The van der Waals surface area contributed by atoms with Crippen molar-refractivity contribution < 1.29 is 22.7 Å². The molecular weight excluding hydrogens is 408 g/mol. The maximum Gasteiger partial charge on any atom is 0.243 e. The number of carbonyl (C=O) groups is 2. The van der Waals surface area contributed by atoms with E-state index in [1.807, 2.05) is 18.7 Å². The van der Waals surface area contributed by atoms with Crippen LogP contribution < -0.4 is 10.6 Å². The van der Waals surface area contributed by atoms with Crippen molar-refractivity contribution >= 4 is 27.5 Å². The molecule has 1 unspecified atom stereocenters. The highest BCUT2D eigenvalue weighted by Crippen LogP contribution is 2.24. The number of rotatable bonds is 6. The summed E-state index contributed by atoms with van der Waals surface area (Å²) in [5.74, 6) is -0.282. The zero-order chi connectivity index (χ0) is 21.9. The third-order valence-corrected chi connectivity index (χ3v) is 7.44. The minimum Gasteiger partial charge on any atom is -0.379 e. The Balaban J connectivity index is 1.73. The predicted molar refractivity (Wildman–Crippen MR) is 113 cm³/mol. The lowest BCUT2D eigenvalue weighted by atomic mass is 9.99. The van der Waals surface area contributed by atoms with Crippen molar-refractivity contribution in [2.24, 2.45) is 5.92 Å². The van der Waals surface area contributed by atoms with Crippen LogP contribution in [-0.2, 0) is 24.3 Å². The molecular formula is C20H30N4O5S. The Morgan fingerprint density at radius 3 is 2.63 bits per heavy atom. The van der Waals surface area contributed by atoms with E-state index in [0.717, 1.165) is 0 Å². The SMILES string of the molecule is Cc1ccc(NC(=O)CN2CCNC(=O)C2C(C)C)cc1S(=O)(=O)N1CCOCC1. The van der Waals surface area contributed by atoms with Gasteiger partial charge in [0.25, 0.3) is 0 Å². The van der Waals surface area contributed by atoms with Crippen molar-refractivity contribution in [3.05, 3.63) is 23.8 Å². The molecule has 2 amide bonds. The number of anilines is 1. The molecule has 0 saturated carbocycles. The smallest absolute Gasteiger partial charge is 0.243 e. The average molecular weight is 439 g/mol. The van der Waals surface area contributed by atoms with E-state index in [-0.39, 0.29) is 35.2 Å². The summed E-state index contributed by atoms with van der Waals surface area (Å²) in [6, 6.07) is 4.52.